The molecule has 0 radical (unpaired) electrons. The van der Waals surface area contributed by atoms with Crippen molar-refractivity contribution in [1.29, 1.82) is 0 Å². The highest BCUT2D eigenvalue weighted by molar-refractivity contribution is 6.30. The molecule has 7 heteroatoms. The maximum absolute atomic E-state index is 13.5. The molecule has 1 aromatic heterocycles. The number of pyridine rings is 1. The molecule has 0 unspecified atom stereocenters. The van der Waals surface area contributed by atoms with E-state index in [9.17, 15) is 4.39 Å². The van der Waals surface area contributed by atoms with E-state index in [1.165, 1.54) is 24.4 Å². The minimum Gasteiger partial charge on any atom is -0.409 e. The van der Waals surface area contributed by atoms with Gasteiger partial charge in [0.1, 0.15) is 11.5 Å². The van der Waals surface area contributed by atoms with Gasteiger partial charge in [0.25, 0.3) is 0 Å². The van der Waals surface area contributed by atoms with E-state index in [0.717, 1.165) is 5.56 Å². The summed E-state index contributed by atoms with van der Waals surface area (Å²) in [5, 5.41) is 14.8. The molecule has 0 fully saturated rings. The standard InChI is InChI=1S/C13H12ClFN4O/c14-9-1-2-10(15)11(6-9)18-7-8-3-4-17-12(5-8)13(16)19-20/h1-6,18,20H,7H2,(H2,16,19). The van der Waals surface area contributed by atoms with Gasteiger partial charge in [-0.15, -0.1) is 0 Å². The van der Waals surface area contributed by atoms with E-state index >= 15 is 0 Å². The number of nitrogens with zero attached hydrogens (tertiary/aromatic N) is 2. The van der Waals surface area contributed by atoms with Crippen LogP contribution >= 0.6 is 11.6 Å². The third-order valence-corrected chi connectivity index (χ3v) is 2.84. The zero-order valence-electron chi connectivity index (χ0n) is 10.3. The fourth-order valence-electron chi connectivity index (χ4n) is 1.61. The first-order valence-electron chi connectivity index (χ1n) is 5.72. The third kappa shape index (κ3) is 3.36. The van der Waals surface area contributed by atoms with Crippen LogP contribution in [0.2, 0.25) is 5.02 Å². The second-order valence-electron chi connectivity index (χ2n) is 4.01. The highest BCUT2D eigenvalue weighted by atomic mass is 35.5. The molecule has 0 aliphatic carbocycles. The lowest BCUT2D eigenvalue weighted by atomic mass is 10.2. The molecular weight excluding hydrogens is 283 g/mol. The molecule has 1 heterocycles. The number of halogens is 2. The van der Waals surface area contributed by atoms with Gasteiger partial charge in [0.2, 0.25) is 0 Å². The third-order valence-electron chi connectivity index (χ3n) is 2.61. The van der Waals surface area contributed by atoms with Gasteiger partial charge >= 0.3 is 0 Å². The fourth-order valence-corrected chi connectivity index (χ4v) is 1.78. The Morgan fingerprint density at radius 2 is 2.20 bits per heavy atom. The average molecular weight is 295 g/mol. The summed E-state index contributed by atoms with van der Waals surface area (Å²) in [7, 11) is 0. The molecular formula is C13H12ClFN4O. The van der Waals surface area contributed by atoms with Crippen LogP contribution in [0.5, 0.6) is 0 Å². The van der Waals surface area contributed by atoms with Crippen molar-refractivity contribution in [3.63, 3.8) is 0 Å². The van der Waals surface area contributed by atoms with Gasteiger partial charge in [-0.1, -0.05) is 16.8 Å². The second kappa shape index (κ2) is 6.21. The second-order valence-corrected chi connectivity index (χ2v) is 4.45. The number of amidine groups is 1. The Kier molecular flexibility index (Phi) is 4.37. The van der Waals surface area contributed by atoms with E-state index in [4.69, 9.17) is 22.5 Å². The first-order chi connectivity index (χ1) is 9.60. The monoisotopic (exact) mass is 294 g/mol. The molecule has 0 saturated heterocycles. The highest BCUT2D eigenvalue weighted by Gasteiger charge is 2.05. The summed E-state index contributed by atoms with van der Waals surface area (Å²) < 4.78 is 13.5. The van der Waals surface area contributed by atoms with E-state index in [1.54, 1.807) is 12.1 Å². The molecule has 4 N–H and O–H groups in total. The number of hydrogen-bond acceptors (Lipinski definition) is 4. The lowest BCUT2D eigenvalue weighted by Gasteiger charge is -2.08. The van der Waals surface area contributed by atoms with Crippen LogP contribution in [0.25, 0.3) is 0 Å². The van der Waals surface area contributed by atoms with Gasteiger partial charge in [-0.05, 0) is 35.9 Å². The van der Waals surface area contributed by atoms with E-state index in [1.807, 2.05) is 0 Å². The summed E-state index contributed by atoms with van der Waals surface area (Å²) in [5.74, 6) is -0.471. The Balaban J connectivity index is 2.13. The SMILES string of the molecule is NC(=NO)c1cc(CNc2cc(Cl)ccc2F)ccn1. The largest absolute Gasteiger partial charge is 0.409 e. The van der Waals surface area contributed by atoms with Crippen LogP contribution in [0.1, 0.15) is 11.3 Å². The van der Waals surface area contributed by atoms with Crippen molar-refractivity contribution in [2.24, 2.45) is 10.9 Å². The zero-order valence-corrected chi connectivity index (χ0v) is 11.1. The lowest BCUT2D eigenvalue weighted by Crippen LogP contribution is -2.15. The Hall–Kier alpha value is -2.34. The van der Waals surface area contributed by atoms with Gasteiger partial charge in [-0.25, -0.2) is 4.39 Å². The van der Waals surface area contributed by atoms with Crippen LogP contribution in [0.3, 0.4) is 0 Å². The van der Waals surface area contributed by atoms with Crippen molar-refractivity contribution in [2.45, 2.75) is 6.54 Å². The van der Waals surface area contributed by atoms with Gasteiger partial charge in [-0.2, -0.15) is 0 Å². The summed E-state index contributed by atoms with van der Waals surface area (Å²) in [4.78, 5) is 3.96. The molecule has 0 amide bonds. The van der Waals surface area contributed by atoms with Gasteiger partial charge in [-0.3, -0.25) is 4.98 Å². The van der Waals surface area contributed by atoms with Gasteiger partial charge in [0, 0.05) is 17.8 Å². The number of hydrogen-bond donors (Lipinski definition) is 3. The first-order valence-corrected chi connectivity index (χ1v) is 6.09. The molecule has 5 nitrogen and oxygen atoms in total. The number of oxime groups is 1. The number of nitrogens with two attached hydrogens (primary N) is 1. The summed E-state index contributed by atoms with van der Waals surface area (Å²) in [6.07, 6.45) is 1.53. The van der Waals surface area contributed by atoms with Crippen molar-refractivity contribution in [1.82, 2.24) is 4.98 Å². The number of aromatic nitrogens is 1. The van der Waals surface area contributed by atoms with E-state index in [-0.39, 0.29) is 11.7 Å². The van der Waals surface area contributed by atoms with Gasteiger partial charge < -0.3 is 16.3 Å². The molecule has 0 bridgehead atoms. The predicted molar refractivity (Wildman–Crippen MR) is 75.5 cm³/mol. The Morgan fingerprint density at radius 1 is 1.40 bits per heavy atom. The normalized spacial score (nSPS) is 11.4. The topological polar surface area (TPSA) is 83.5 Å². The molecule has 0 spiro atoms. The van der Waals surface area contributed by atoms with Crippen LogP contribution in [-0.4, -0.2) is 16.0 Å². The van der Waals surface area contributed by atoms with Crippen molar-refractivity contribution in [2.75, 3.05) is 5.32 Å². The molecule has 0 aliphatic rings. The summed E-state index contributed by atoms with van der Waals surface area (Å²) in [6.45, 7) is 0.353. The molecule has 0 atom stereocenters. The maximum atomic E-state index is 13.5. The Morgan fingerprint density at radius 3 is 2.95 bits per heavy atom. The molecule has 2 aromatic rings. The smallest absolute Gasteiger partial charge is 0.188 e. The van der Waals surface area contributed by atoms with E-state index in [0.29, 0.717) is 22.9 Å². The predicted octanol–water partition coefficient (Wildman–Crippen LogP) is 2.58. The highest BCUT2D eigenvalue weighted by Crippen LogP contribution is 2.20. The summed E-state index contributed by atoms with van der Waals surface area (Å²) in [5.41, 5.74) is 6.91. The number of benzene rings is 1. The molecule has 1 aromatic carbocycles. The van der Waals surface area contributed by atoms with Gasteiger partial charge in [0.15, 0.2) is 5.84 Å². The minimum atomic E-state index is -0.389. The quantitative estimate of drug-likeness (QED) is 0.350. The van der Waals surface area contributed by atoms with Crippen LogP contribution in [0, 0.1) is 5.82 Å². The lowest BCUT2D eigenvalue weighted by molar-refractivity contribution is 0.318. The van der Waals surface area contributed by atoms with Crippen LogP contribution in [-0.2, 0) is 6.54 Å². The van der Waals surface area contributed by atoms with Crippen molar-refractivity contribution in [3.8, 4) is 0 Å². The Bertz CT molecular complexity index is 648. The zero-order chi connectivity index (χ0) is 14.5. The number of nitrogens with one attached hydrogen (secondary N) is 1. The summed E-state index contributed by atoms with van der Waals surface area (Å²) >= 11 is 5.81. The van der Waals surface area contributed by atoms with Crippen LogP contribution in [0.4, 0.5) is 10.1 Å². The van der Waals surface area contributed by atoms with E-state index in [2.05, 4.69) is 15.5 Å². The summed E-state index contributed by atoms with van der Waals surface area (Å²) in [6, 6.07) is 7.65. The van der Waals surface area contributed by atoms with Crippen molar-refractivity contribution in [3.05, 3.63) is 58.6 Å². The van der Waals surface area contributed by atoms with E-state index < -0.39 is 0 Å². The maximum Gasteiger partial charge on any atom is 0.188 e. The van der Waals surface area contributed by atoms with Crippen LogP contribution in [0.15, 0.2) is 41.7 Å². The molecule has 0 aliphatic heterocycles. The van der Waals surface area contributed by atoms with Gasteiger partial charge in [0.05, 0.1) is 5.69 Å². The average Bonchev–Trinajstić information content (AvgIpc) is 2.47. The molecule has 2 rings (SSSR count). The number of rotatable bonds is 4. The van der Waals surface area contributed by atoms with Crippen molar-refractivity contribution >= 4 is 23.1 Å². The minimum absolute atomic E-state index is 0.0826. The van der Waals surface area contributed by atoms with Crippen LogP contribution < -0.4 is 11.1 Å². The number of anilines is 1. The van der Waals surface area contributed by atoms with Crippen molar-refractivity contribution < 1.29 is 9.60 Å². The molecule has 20 heavy (non-hydrogen) atoms. The molecule has 104 valence electrons. The first kappa shape index (κ1) is 14.1. The molecule has 0 saturated carbocycles. The fraction of sp³-hybridized carbons (Fsp3) is 0.0769. The Labute approximate surface area is 119 Å².